The minimum Gasteiger partial charge on any atom is -0.496 e. The zero-order valence-electron chi connectivity index (χ0n) is 16.5. The average molecular weight is 373 g/mol. The molecule has 2 aromatic rings. The largest absolute Gasteiger partial charge is 0.496 e. The molecule has 2 rings (SSSR count). The smallest absolute Gasteiger partial charge is 0.130 e. The molecule has 2 aromatic carbocycles. The number of allylic oxidation sites excluding steroid dienone is 3. The van der Waals surface area contributed by atoms with E-state index in [0.29, 0.717) is 0 Å². The van der Waals surface area contributed by atoms with E-state index in [0.717, 1.165) is 53.5 Å². The molecule has 2 nitrogen and oxygen atoms in total. The van der Waals surface area contributed by atoms with Crippen molar-refractivity contribution in [2.24, 2.45) is 0 Å². The molecule has 0 N–H and O–H groups in total. The van der Waals surface area contributed by atoms with Crippen molar-refractivity contribution in [3.8, 4) is 11.5 Å². The van der Waals surface area contributed by atoms with Crippen LogP contribution in [0.15, 0.2) is 47.0 Å². The van der Waals surface area contributed by atoms with Crippen molar-refractivity contribution in [2.45, 2.75) is 46.5 Å². The van der Waals surface area contributed by atoms with Gasteiger partial charge in [0.1, 0.15) is 11.5 Å². The zero-order chi connectivity index (χ0) is 19.1. The number of fused-ring (bicyclic) bond motifs is 1. The molecule has 140 valence electrons. The number of hydrogen-bond donors (Lipinski definition) is 0. The fourth-order valence-electron chi connectivity index (χ4n) is 3.37. The van der Waals surface area contributed by atoms with Crippen molar-refractivity contribution in [3.05, 3.63) is 58.1 Å². The van der Waals surface area contributed by atoms with E-state index in [1.165, 1.54) is 16.7 Å². The van der Waals surface area contributed by atoms with Crippen LogP contribution in [0.25, 0.3) is 10.8 Å². The molecular weight excluding hydrogens is 344 g/mol. The molecule has 0 aliphatic rings. The van der Waals surface area contributed by atoms with Gasteiger partial charge in [-0.2, -0.15) is 0 Å². The first-order valence-corrected chi connectivity index (χ1v) is 9.50. The summed E-state index contributed by atoms with van der Waals surface area (Å²) in [5.41, 5.74) is 6.64. The Labute approximate surface area is 162 Å². The van der Waals surface area contributed by atoms with Gasteiger partial charge in [-0.1, -0.05) is 53.1 Å². The quantitative estimate of drug-likeness (QED) is 0.466. The highest BCUT2D eigenvalue weighted by molar-refractivity contribution is 6.25. The van der Waals surface area contributed by atoms with E-state index in [9.17, 15) is 0 Å². The van der Waals surface area contributed by atoms with E-state index in [1.807, 2.05) is 12.1 Å². The topological polar surface area (TPSA) is 18.5 Å². The highest BCUT2D eigenvalue weighted by Crippen LogP contribution is 2.40. The summed E-state index contributed by atoms with van der Waals surface area (Å²) in [4.78, 5) is 0. The zero-order valence-corrected chi connectivity index (χ0v) is 17.2. The summed E-state index contributed by atoms with van der Waals surface area (Å²) in [7, 11) is 3.48. The summed E-state index contributed by atoms with van der Waals surface area (Å²) in [6, 6.07) is 8.25. The molecular formula is C23H29ClO2. The van der Waals surface area contributed by atoms with E-state index >= 15 is 0 Å². The van der Waals surface area contributed by atoms with Gasteiger partial charge in [0.15, 0.2) is 0 Å². The molecule has 26 heavy (non-hydrogen) atoms. The Morgan fingerprint density at radius 3 is 2.12 bits per heavy atom. The number of halogens is 1. The normalized spacial score (nSPS) is 12.5. The Hall–Kier alpha value is -1.93. The molecule has 0 saturated heterocycles. The van der Waals surface area contributed by atoms with Crippen LogP contribution in [0, 0.1) is 6.92 Å². The SMILES string of the molecule is COc1c(C)c(CC=C(C)CCCC(C)=CCl)c(OC)c2ccccc12. The minimum absolute atomic E-state index is 0.840. The molecule has 0 radical (unpaired) electrons. The molecule has 0 spiro atoms. The van der Waals surface area contributed by atoms with Crippen LogP contribution in [0.4, 0.5) is 0 Å². The van der Waals surface area contributed by atoms with Crippen molar-refractivity contribution in [1.82, 2.24) is 0 Å². The van der Waals surface area contributed by atoms with E-state index in [-0.39, 0.29) is 0 Å². The Balaban J connectivity index is 2.31. The van der Waals surface area contributed by atoms with Crippen LogP contribution in [0.1, 0.15) is 44.2 Å². The van der Waals surface area contributed by atoms with Crippen LogP contribution >= 0.6 is 11.6 Å². The number of methoxy groups -OCH3 is 2. The number of rotatable bonds is 8. The fourth-order valence-corrected chi connectivity index (χ4v) is 3.48. The molecule has 0 aliphatic heterocycles. The Morgan fingerprint density at radius 2 is 1.54 bits per heavy atom. The van der Waals surface area contributed by atoms with Crippen LogP contribution in [0.3, 0.4) is 0 Å². The highest BCUT2D eigenvalue weighted by atomic mass is 35.5. The maximum Gasteiger partial charge on any atom is 0.130 e. The Kier molecular flexibility index (Phi) is 7.59. The van der Waals surface area contributed by atoms with Crippen LogP contribution < -0.4 is 9.47 Å². The monoisotopic (exact) mass is 372 g/mol. The van der Waals surface area contributed by atoms with Gasteiger partial charge < -0.3 is 9.47 Å². The number of benzene rings is 2. The second-order valence-electron chi connectivity index (χ2n) is 6.78. The van der Waals surface area contributed by atoms with E-state index in [2.05, 4.69) is 39.0 Å². The van der Waals surface area contributed by atoms with Gasteiger partial charge >= 0.3 is 0 Å². The van der Waals surface area contributed by atoms with Gasteiger partial charge in [0, 0.05) is 21.9 Å². The van der Waals surface area contributed by atoms with Crippen LogP contribution in [0.2, 0.25) is 0 Å². The van der Waals surface area contributed by atoms with Gasteiger partial charge in [-0.3, -0.25) is 0 Å². The second-order valence-corrected chi connectivity index (χ2v) is 7.00. The molecule has 0 heterocycles. The van der Waals surface area contributed by atoms with Gasteiger partial charge in [-0.05, 0) is 52.0 Å². The lowest BCUT2D eigenvalue weighted by molar-refractivity contribution is 0.404. The van der Waals surface area contributed by atoms with Crippen molar-refractivity contribution in [2.75, 3.05) is 14.2 Å². The third kappa shape index (κ3) is 4.62. The Morgan fingerprint density at radius 1 is 0.962 bits per heavy atom. The molecule has 0 aromatic heterocycles. The van der Waals surface area contributed by atoms with Crippen LogP contribution in [-0.2, 0) is 6.42 Å². The van der Waals surface area contributed by atoms with Crippen molar-refractivity contribution >= 4 is 22.4 Å². The predicted octanol–water partition coefficient (Wildman–Crippen LogP) is 6.97. The van der Waals surface area contributed by atoms with Gasteiger partial charge in [0.2, 0.25) is 0 Å². The van der Waals surface area contributed by atoms with Gasteiger partial charge in [-0.25, -0.2) is 0 Å². The molecule has 3 heteroatoms. The lowest BCUT2D eigenvalue weighted by Gasteiger charge is -2.18. The van der Waals surface area contributed by atoms with E-state index in [1.54, 1.807) is 19.8 Å². The van der Waals surface area contributed by atoms with Crippen molar-refractivity contribution in [3.63, 3.8) is 0 Å². The molecule has 0 atom stereocenters. The standard InChI is InChI=1S/C23H29ClO2/c1-16(9-8-10-17(2)15-24)13-14-19-18(3)22(25-4)20-11-6-7-12-21(20)23(19)26-5/h6-7,11-13,15H,8-10,14H2,1-5H3. The maximum absolute atomic E-state index is 5.79. The second kappa shape index (κ2) is 9.68. The first-order valence-electron chi connectivity index (χ1n) is 9.07. The van der Waals surface area contributed by atoms with Gasteiger partial charge in [-0.15, -0.1) is 0 Å². The predicted molar refractivity (Wildman–Crippen MR) is 113 cm³/mol. The molecule has 0 amide bonds. The molecule has 0 unspecified atom stereocenters. The summed E-state index contributed by atoms with van der Waals surface area (Å²) in [6.45, 7) is 6.38. The third-order valence-electron chi connectivity index (χ3n) is 4.88. The summed E-state index contributed by atoms with van der Waals surface area (Å²) in [5.74, 6) is 1.88. The lowest BCUT2D eigenvalue weighted by Crippen LogP contribution is -2.00. The first-order chi connectivity index (χ1) is 12.5. The summed E-state index contributed by atoms with van der Waals surface area (Å²) < 4.78 is 11.5. The summed E-state index contributed by atoms with van der Waals surface area (Å²) in [5, 5.41) is 2.19. The fraction of sp³-hybridized carbons (Fsp3) is 0.391. The first kappa shape index (κ1) is 20.4. The maximum atomic E-state index is 5.79. The molecule has 0 bridgehead atoms. The van der Waals surface area contributed by atoms with E-state index < -0.39 is 0 Å². The number of ether oxygens (including phenoxy) is 2. The van der Waals surface area contributed by atoms with Crippen molar-refractivity contribution in [1.29, 1.82) is 0 Å². The minimum atomic E-state index is 0.840. The lowest BCUT2D eigenvalue weighted by atomic mass is 9.95. The van der Waals surface area contributed by atoms with Gasteiger partial charge in [0.05, 0.1) is 14.2 Å². The average Bonchev–Trinajstić information content (AvgIpc) is 2.65. The third-order valence-corrected chi connectivity index (χ3v) is 5.25. The van der Waals surface area contributed by atoms with Gasteiger partial charge in [0.25, 0.3) is 0 Å². The molecule has 0 aliphatic carbocycles. The molecule has 0 saturated carbocycles. The van der Waals surface area contributed by atoms with E-state index in [4.69, 9.17) is 21.1 Å². The van der Waals surface area contributed by atoms with Crippen LogP contribution in [0.5, 0.6) is 11.5 Å². The van der Waals surface area contributed by atoms with Crippen molar-refractivity contribution < 1.29 is 9.47 Å². The molecule has 0 fully saturated rings. The summed E-state index contributed by atoms with van der Waals surface area (Å²) >= 11 is 5.73. The highest BCUT2D eigenvalue weighted by Gasteiger charge is 2.17. The number of hydrogen-bond acceptors (Lipinski definition) is 2. The summed E-state index contributed by atoms with van der Waals surface area (Å²) in [6.07, 6.45) is 6.38. The van der Waals surface area contributed by atoms with Crippen LogP contribution in [-0.4, -0.2) is 14.2 Å². The Bertz CT molecular complexity index is 819.